The molecule has 2 aromatic carbocycles. The topological polar surface area (TPSA) is 143 Å². The van der Waals surface area contributed by atoms with Crippen LogP contribution < -0.4 is 16.0 Å². The zero-order valence-corrected chi connectivity index (χ0v) is 21.2. The van der Waals surface area contributed by atoms with Gasteiger partial charge in [0.2, 0.25) is 15.7 Å². The van der Waals surface area contributed by atoms with Crippen LogP contribution in [0.1, 0.15) is 15.2 Å². The molecule has 1 amide bonds. The summed E-state index contributed by atoms with van der Waals surface area (Å²) in [6, 6.07) is 16.0. The Bertz CT molecular complexity index is 1780. The van der Waals surface area contributed by atoms with E-state index in [1.807, 2.05) is 0 Å². The van der Waals surface area contributed by atoms with E-state index >= 15 is 0 Å². The second kappa shape index (κ2) is 9.96. The van der Waals surface area contributed by atoms with Crippen LogP contribution in [-0.4, -0.2) is 24.3 Å². The highest BCUT2D eigenvalue weighted by molar-refractivity contribution is 7.94. The molecule has 9 nitrogen and oxygen atoms in total. The second-order valence-corrected chi connectivity index (χ2v) is 10.7. The van der Waals surface area contributed by atoms with E-state index in [-0.39, 0.29) is 43.0 Å². The lowest BCUT2D eigenvalue weighted by Crippen LogP contribution is -2.14. The van der Waals surface area contributed by atoms with Crippen LogP contribution in [0, 0.1) is 0 Å². The number of halogens is 3. The molecule has 0 aliphatic carbocycles. The fraction of sp³-hybridized carbons (Fsp3) is 0.0400. The van der Waals surface area contributed by atoms with Crippen LogP contribution in [0.3, 0.4) is 0 Å². The lowest BCUT2D eigenvalue weighted by atomic mass is 10.1. The molecule has 0 spiro atoms. The van der Waals surface area contributed by atoms with E-state index in [2.05, 4.69) is 25.0 Å². The first-order valence-corrected chi connectivity index (χ1v) is 13.4. The number of carbonyl (C=O) groups excluding carboxylic acids is 1. The first-order chi connectivity index (χ1) is 18.5. The molecule has 0 unspecified atom stereocenters. The number of alkyl halides is 3. The first kappa shape index (κ1) is 26.1. The number of anilines is 2. The number of nitrogens with two attached hydrogens (primary N) is 1. The monoisotopic (exact) mass is 570 g/mol. The molecular weight excluding hydrogens is 553 g/mol. The van der Waals surface area contributed by atoms with Crippen molar-refractivity contribution < 1.29 is 31.4 Å². The van der Waals surface area contributed by atoms with Crippen LogP contribution in [0.15, 0.2) is 84.0 Å². The fourth-order valence-corrected chi connectivity index (χ4v) is 5.67. The van der Waals surface area contributed by atoms with Gasteiger partial charge in [0.05, 0.1) is 21.5 Å². The Morgan fingerprint density at radius 2 is 1.67 bits per heavy atom. The van der Waals surface area contributed by atoms with Crippen molar-refractivity contribution >= 4 is 54.8 Å². The standard InChI is InChI=1S/C25H17F3N6O3S2/c26-25(27,28)17-13-18(14-5-2-1-3-6-14)33-23-19(17)20(29)21(38-23)22(35)32-15-7-9-16(10-8-15)39(36,37)34-24-30-11-4-12-31-24/h1-13H,(H4,29,30,31,32,34,35). The maximum absolute atomic E-state index is 14.0. The van der Waals surface area contributed by atoms with E-state index < -0.39 is 27.7 Å². The van der Waals surface area contributed by atoms with Gasteiger partial charge in [0.25, 0.3) is 10.7 Å². The molecule has 5 aromatic rings. The molecule has 0 aliphatic rings. The highest BCUT2D eigenvalue weighted by Gasteiger charge is 2.38. The minimum absolute atomic E-state index is 0.0810. The van der Waals surface area contributed by atoms with Crippen molar-refractivity contribution in [2.24, 2.45) is 0 Å². The average Bonchev–Trinajstić information content (AvgIpc) is 3.25. The number of H-pyrrole nitrogens is 1. The number of aromatic amines is 1. The molecule has 3 aromatic heterocycles. The number of nitrogens with zero attached hydrogens (tertiary/aromatic N) is 3. The van der Waals surface area contributed by atoms with Crippen molar-refractivity contribution in [3.05, 3.63) is 94.3 Å². The van der Waals surface area contributed by atoms with Gasteiger partial charge < -0.3 is 21.0 Å². The number of nitrogen functional groups attached to an aromatic ring is 1. The quantitative estimate of drug-likeness (QED) is 0.279. The highest BCUT2D eigenvalue weighted by Crippen LogP contribution is 2.42. The van der Waals surface area contributed by atoms with Gasteiger partial charge in [-0.2, -0.15) is 18.2 Å². The molecule has 198 valence electrons. The van der Waals surface area contributed by atoms with Gasteiger partial charge in [-0.05, 0) is 48.8 Å². The largest absolute Gasteiger partial charge is 0.417 e. The molecule has 0 fully saturated rings. The Labute approximate surface area is 223 Å². The zero-order chi connectivity index (χ0) is 27.8. The van der Waals surface area contributed by atoms with Crippen LogP contribution in [0.2, 0.25) is 0 Å². The number of aromatic nitrogens is 3. The van der Waals surface area contributed by atoms with Gasteiger partial charge in [0.15, 0.2) is 0 Å². The summed E-state index contributed by atoms with van der Waals surface area (Å²) < 4.78 is 70.5. The SMILES string of the molecule is Nc1c(C(=O)Nc2ccc(S(=O)(=O)[N-]c3ncccn3)cc2)sc2[nH+]c(-c3ccccc3)cc(C(F)(F)F)c12. The van der Waals surface area contributed by atoms with E-state index in [0.29, 0.717) is 5.56 Å². The lowest BCUT2D eigenvalue weighted by molar-refractivity contribution is -0.328. The lowest BCUT2D eigenvalue weighted by Gasteiger charge is -2.12. The summed E-state index contributed by atoms with van der Waals surface area (Å²) in [5, 5.41) is 2.24. The minimum atomic E-state index is -4.73. The van der Waals surface area contributed by atoms with Gasteiger partial charge in [-0.1, -0.05) is 35.6 Å². The van der Waals surface area contributed by atoms with Gasteiger partial charge >= 0.3 is 6.18 Å². The van der Waals surface area contributed by atoms with E-state index in [1.54, 1.807) is 30.3 Å². The summed E-state index contributed by atoms with van der Waals surface area (Å²) in [6.07, 6.45) is -2.04. The number of amides is 1. The number of benzene rings is 2. The van der Waals surface area contributed by atoms with Crippen LogP contribution in [0.5, 0.6) is 0 Å². The number of hydrogen-bond donors (Lipinski definition) is 2. The summed E-state index contributed by atoms with van der Waals surface area (Å²) in [6.45, 7) is 0. The van der Waals surface area contributed by atoms with Gasteiger partial charge in [0.1, 0.15) is 4.88 Å². The average molecular weight is 571 g/mol. The van der Waals surface area contributed by atoms with Gasteiger partial charge in [-0.3, -0.25) is 9.52 Å². The second-order valence-electron chi connectivity index (χ2n) is 8.10. The molecule has 5 rings (SSSR count). The van der Waals surface area contributed by atoms with Gasteiger partial charge in [0, 0.05) is 23.3 Å². The third-order valence-electron chi connectivity index (χ3n) is 5.51. The number of rotatable bonds is 6. The van der Waals surface area contributed by atoms with Crippen LogP contribution >= 0.6 is 11.3 Å². The van der Waals surface area contributed by atoms with Crippen molar-refractivity contribution in [1.82, 2.24) is 9.97 Å². The minimum Gasteiger partial charge on any atom is -0.397 e. The number of nitrogens with one attached hydrogen (secondary N) is 2. The van der Waals surface area contributed by atoms with E-state index in [4.69, 9.17) is 5.73 Å². The molecule has 14 heteroatoms. The predicted molar refractivity (Wildman–Crippen MR) is 140 cm³/mol. The maximum atomic E-state index is 14.0. The molecule has 0 radical (unpaired) electrons. The fourth-order valence-electron chi connectivity index (χ4n) is 3.74. The van der Waals surface area contributed by atoms with E-state index in [9.17, 15) is 26.4 Å². The Balaban J connectivity index is 1.44. The molecule has 39 heavy (non-hydrogen) atoms. The highest BCUT2D eigenvalue weighted by atomic mass is 32.2. The number of pyridine rings is 1. The number of carbonyl (C=O) groups is 1. The van der Waals surface area contributed by atoms with E-state index in [1.165, 1.54) is 42.7 Å². The Morgan fingerprint density at radius 3 is 2.31 bits per heavy atom. The van der Waals surface area contributed by atoms with E-state index in [0.717, 1.165) is 17.4 Å². The molecule has 0 bridgehead atoms. The summed E-state index contributed by atoms with van der Waals surface area (Å²) >= 11 is 0.782. The van der Waals surface area contributed by atoms with Crippen LogP contribution in [0.4, 0.5) is 30.5 Å². The van der Waals surface area contributed by atoms with Crippen molar-refractivity contribution in [2.45, 2.75) is 11.1 Å². The smallest absolute Gasteiger partial charge is 0.397 e. The third-order valence-corrected chi connectivity index (χ3v) is 7.90. The Morgan fingerprint density at radius 1 is 1.00 bits per heavy atom. The number of fused-ring (bicyclic) bond motifs is 1. The van der Waals surface area contributed by atoms with Crippen LogP contribution in [-0.2, 0) is 16.2 Å². The third kappa shape index (κ3) is 5.37. The van der Waals surface area contributed by atoms with Crippen molar-refractivity contribution in [3.8, 4) is 11.3 Å². The molecule has 4 N–H and O–H groups in total. The predicted octanol–water partition coefficient (Wildman–Crippen LogP) is 5.42. The molecule has 0 saturated carbocycles. The van der Waals surface area contributed by atoms with Crippen molar-refractivity contribution in [2.75, 3.05) is 11.1 Å². The Hall–Kier alpha value is -4.56. The molecular formula is C25H17F3N6O3S2. The number of sulfonamides is 1. The molecule has 3 heterocycles. The first-order valence-electron chi connectivity index (χ1n) is 11.1. The maximum Gasteiger partial charge on any atom is 0.417 e. The van der Waals surface area contributed by atoms with Crippen molar-refractivity contribution in [1.29, 1.82) is 0 Å². The van der Waals surface area contributed by atoms with Crippen LogP contribution in [0.25, 0.3) is 26.2 Å². The summed E-state index contributed by atoms with van der Waals surface area (Å²) in [5.74, 6) is -0.991. The zero-order valence-electron chi connectivity index (χ0n) is 19.6. The number of thiophene rings is 1. The van der Waals surface area contributed by atoms with Gasteiger partial charge in [-0.25, -0.2) is 8.42 Å². The Kier molecular flexibility index (Phi) is 6.66. The van der Waals surface area contributed by atoms with Gasteiger partial charge in [-0.15, -0.1) is 0 Å². The molecule has 0 aliphatic heterocycles. The van der Waals surface area contributed by atoms with Crippen molar-refractivity contribution in [3.63, 3.8) is 0 Å². The summed E-state index contributed by atoms with van der Waals surface area (Å²) in [7, 11) is -4.12. The normalized spacial score (nSPS) is 11.9. The molecule has 0 atom stereocenters. The summed E-state index contributed by atoms with van der Waals surface area (Å²) in [5.41, 5.74) is 5.71. The number of hydrogen-bond acceptors (Lipinski definition) is 7. The molecule has 0 saturated heterocycles. The summed E-state index contributed by atoms with van der Waals surface area (Å²) in [4.78, 5) is 23.2.